The van der Waals surface area contributed by atoms with E-state index in [1.165, 1.54) is 0 Å². The third-order valence-corrected chi connectivity index (χ3v) is 4.45. The van der Waals surface area contributed by atoms with Crippen LogP contribution in [-0.2, 0) is 4.74 Å². The molecule has 0 unspecified atom stereocenters. The largest absolute Gasteiger partial charge is 0.528 e. The van der Waals surface area contributed by atoms with Gasteiger partial charge in [-0.25, -0.2) is 14.8 Å². The predicted octanol–water partition coefficient (Wildman–Crippen LogP) is 1.02. The molecule has 1 fully saturated rings. The first-order valence-corrected chi connectivity index (χ1v) is 9.08. The summed E-state index contributed by atoms with van der Waals surface area (Å²) < 4.78 is 5.41. The van der Waals surface area contributed by atoms with E-state index in [1.54, 1.807) is 23.1 Å². The number of carbonyl (C=O) groups excluding carboxylic acids is 1. The summed E-state index contributed by atoms with van der Waals surface area (Å²) in [5.41, 5.74) is -0.101. The Morgan fingerprint density at radius 2 is 1.85 bits per heavy atom. The van der Waals surface area contributed by atoms with Crippen molar-refractivity contribution < 1.29 is 19.6 Å². The highest BCUT2D eigenvalue weighted by atomic mass is 35.5. The lowest BCUT2D eigenvalue weighted by Crippen LogP contribution is -2.51. The topological polar surface area (TPSA) is 99.0 Å². The quantitative estimate of drug-likeness (QED) is 0.736. The maximum Gasteiger partial charge on any atom is 0.528 e. The third kappa shape index (κ3) is 4.43. The van der Waals surface area contributed by atoms with E-state index in [1.807, 2.05) is 25.7 Å². The number of carbonyl (C=O) groups is 1. The van der Waals surface area contributed by atoms with E-state index in [4.69, 9.17) is 16.3 Å². The monoisotopic (exact) mass is 392 g/mol. The summed E-state index contributed by atoms with van der Waals surface area (Å²) in [5, 5.41) is 20.1. The van der Waals surface area contributed by atoms with Crippen LogP contribution in [0, 0.1) is 0 Å². The highest BCUT2D eigenvalue weighted by Gasteiger charge is 2.28. The van der Waals surface area contributed by atoms with Gasteiger partial charge in [-0.2, -0.15) is 0 Å². The van der Waals surface area contributed by atoms with Crippen molar-refractivity contribution in [2.75, 3.05) is 31.1 Å². The molecule has 3 rings (SSSR count). The highest BCUT2D eigenvalue weighted by Crippen LogP contribution is 2.30. The summed E-state index contributed by atoms with van der Waals surface area (Å²) in [5.74, 6) is 0.525. The van der Waals surface area contributed by atoms with Crippen LogP contribution in [0.25, 0.3) is 10.9 Å². The molecule has 2 aromatic rings. The van der Waals surface area contributed by atoms with Gasteiger partial charge in [0.15, 0.2) is 5.72 Å². The van der Waals surface area contributed by atoms with Crippen LogP contribution < -0.4 is 10.6 Å². The number of aromatic nitrogens is 2. The van der Waals surface area contributed by atoms with Crippen molar-refractivity contribution in [1.29, 1.82) is 0 Å². The molecule has 1 aliphatic rings. The zero-order chi connectivity index (χ0) is 19.8. The van der Waals surface area contributed by atoms with Gasteiger partial charge in [0, 0.05) is 26.2 Å². The van der Waals surface area contributed by atoms with Gasteiger partial charge in [-0.15, -0.1) is 0 Å². The number of rotatable bonds is 2. The number of hydrogen-bond donors (Lipinski definition) is 2. The molecule has 10 heteroatoms. The molecule has 0 saturated carbocycles. The fourth-order valence-corrected chi connectivity index (χ4v) is 3.17. The minimum atomic E-state index is -1.78. The fourth-order valence-electron chi connectivity index (χ4n) is 2.91. The first-order chi connectivity index (χ1) is 12.7. The molecule has 2 N–H and O–H groups in total. The first kappa shape index (κ1) is 19.7. The van der Waals surface area contributed by atoms with Gasteiger partial charge in [0.25, 0.3) is 0 Å². The highest BCUT2D eigenvalue weighted by molar-refractivity contribution is 6.56. The maximum absolute atomic E-state index is 12.2. The van der Waals surface area contributed by atoms with E-state index in [9.17, 15) is 14.8 Å². The van der Waals surface area contributed by atoms with E-state index in [0.717, 1.165) is 0 Å². The normalized spacial score (nSPS) is 15.2. The van der Waals surface area contributed by atoms with Crippen molar-refractivity contribution in [2.24, 2.45) is 0 Å². The second kappa shape index (κ2) is 7.50. The Kier molecular flexibility index (Phi) is 5.46. The summed E-state index contributed by atoms with van der Waals surface area (Å²) in [4.78, 5) is 24.3. The van der Waals surface area contributed by atoms with Crippen molar-refractivity contribution in [1.82, 2.24) is 14.9 Å². The van der Waals surface area contributed by atoms with Crippen molar-refractivity contribution >= 4 is 47.3 Å². The number of anilines is 1. The number of nitrogens with zero attached hydrogens (tertiary/aromatic N) is 4. The molecule has 8 nitrogen and oxygen atoms in total. The number of piperazine rings is 1. The lowest BCUT2D eigenvalue weighted by atomic mass is 9.90. The molecule has 1 amide bonds. The molecule has 1 aromatic heterocycles. The SMILES string of the molecule is CC(C)(C)OC(=O)N1CCN(c2nc(B(O)O)nc3cccc(Cl)c23)CC1. The number of halogens is 1. The Morgan fingerprint density at radius 1 is 1.19 bits per heavy atom. The average Bonchev–Trinajstić information content (AvgIpc) is 2.59. The smallest absolute Gasteiger partial charge is 0.444 e. The number of hydrogen-bond acceptors (Lipinski definition) is 7. The van der Waals surface area contributed by atoms with Gasteiger partial charge in [0.05, 0.1) is 15.9 Å². The van der Waals surface area contributed by atoms with Crippen molar-refractivity contribution in [3.8, 4) is 0 Å². The molecule has 1 aliphatic heterocycles. The van der Waals surface area contributed by atoms with Gasteiger partial charge in [0.2, 0.25) is 0 Å². The van der Waals surface area contributed by atoms with Crippen LogP contribution in [-0.4, -0.2) is 69.9 Å². The van der Waals surface area contributed by atoms with Crippen molar-refractivity contribution in [2.45, 2.75) is 26.4 Å². The lowest BCUT2D eigenvalue weighted by Gasteiger charge is -2.36. The standard InChI is InChI=1S/C17H22BClN4O4/c1-17(2,3)27-16(24)23-9-7-22(8-10-23)14-13-11(19)5-4-6-12(13)20-15(21-14)18(25)26/h4-6,25-26H,7-10H2,1-3H3. The maximum atomic E-state index is 12.2. The van der Waals surface area contributed by atoms with Crippen LogP contribution in [0.15, 0.2) is 18.2 Å². The van der Waals surface area contributed by atoms with Crippen LogP contribution >= 0.6 is 11.6 Å². The Labute approximate surface area is 162 Å². The van der Waals surface area contributed by atoms with Crippen LogP contribution in [0.5, 0.6) is 0 Å². The number of amides is 1. The Balaban J connectivity index is 1.85. The third-order valence-electron chi connectivity index (χ3n) is 4.13. The van der Waals surface area contributed by atoms with Crippen molar-refractivity contribution in [3.05, 3.63) is 23.2 Å². The minimum Gasteiger partial charge on any atom is -0.444 e. The van der Waals surface area contributed by atoms with Crippen LogP contribution in [0.4, 0.5) is 10.6 Å². The van der Waals surface area contributed by atoms with Crippen LogP contribution in [0.3, 0.4) is 0 Å². The van der Waals surface area contributed by atoms with E-state index in [2.05, 4.69) is 9.97 Å². The lowest BCUT2D eigenvalue weighted by molar-refractivity contribution is 0.0240. The van der Waals surface area contributed by atoms with Gasteiger partial charge in [0.1, 0.15) is 11.4 Å². The number of ether oxygens (including phenoxy) is 1. The molecule has 1 aromatic carbocycles. The zero-order valence-electron chi connectivity index (χ0n) is 15.5. The van der Waals surface area contributed by atoms with E-state index in [-0.39, 0.29) is 11.8 Å². The number of benzene rings is 1. The molecule has 1 saturated heterocycles. The van der Waals surface area contributed by atoms with Crippen LogP contribution in [0.1, 0.15) is 20.8 Å². The van der Waals surface area contributed by atoms with E-state index < -0.39 is 12.7 Å². The summed E-state index contributed by atoms with van der Waals surface area (Å²) in [6.45, 7) is 7.44. The van der Waals surface area contributed by atoms with Gasteiger partial charge < -0.3 is 24.6 Å². The van der Waals surface area contributed by atoms with Crippen molar-refractivity contribution in [3.63, 3.8) is 0 Å². The Morgan fingerprint density at radius 3 is 2.44 bits per heavy atom. The minimum absolute atomic E-state index is 0.0886. The summed E-state index contributed by atoms with van der Waals surface area (Å²) in [7, 11) is -1.78. The summed E-state index contributed by atoms with van der Waals surface area (Å²) in [6, 6.07) is 5.23. The fraction of sp³-hybridized carbons (Fsp3) is 0.471. The first-order valence-electron chi connectivity index (χ1n) is 8.71. The van der Waals surface area contributed by atoms with Gasteiger partial charge in [-0.05, 0) is 32.9 Å². The second-order valence-electron chi connectivity index (χ2n) is 7.37. The average molecular weight is 393 g/mol. The van der Waals surface area contributed by atoms with Gasteiger partial charge in [-0.3, -0.25) is 0 Å². The van der Waals surface area contributed by atoms with Crippen LogP contribution in [0.2, 0.25) is 5.02 Å². The molecule has 0 aliphatic carbocycles. The molecule has 0 radical (unpaired) electrons. The zero-order valence-corrected chi connectivity index (χ0v) is 16.3. The van der Waals surface area contributed by atoms with Gasteiger partial charge in [-0.1, -0.05) is 17.7 Å². The summed E-state index contributed by atoms with van der Waals surface area (Å²) in [6.07, 6.45) is -0.348. The number of fused-ring (bicyclic) bond motifs is 1. The molecular weight excluding hydrogens is 370 g/mol. The molecule has 2 heterocycles. The molecule has 0 atom stereocenters. The predicted molar refractivity (Wildman–Crippen MR) is 104 cm³/mol. The molecule has 27 heavy (non-hydrogen) atoms. The van der Waals surface area contributed by atoms with E-state index in [0.29, 0.717) is 47.9 Å². The molecule has 0 bridgehead atoms. The van der Waals surface area contributed by atoms with Gasteiger partial charge >= 0.3 is 13.2 Å². The Bertz CT molecular complexity index is 851. The molecular formula is C17H22BClN4O4. The Hall–Kier alpha value is -2.10. The second-order valence-corrected chi connectivity index (χ2v) is 7.77. The molecule has 0 spiro atoms. The summed E-state index contributed by atoms with van der Waals surface area (Å²) >= 11 is 6.35. The molecule has 144 valence electrons. The van der Waals surface area contributed by atoms with E-state index >= 15 is 0 Å².